The van der Waals surface area contributed by atoms with E-state index in [0.717, 1.165) is 19.1 Å². The maximum Gasteiger partial charge on any atom is 0.329 e. The van der Waals surface area contributed by atoms with Gasteiger partial charge in [-0.1, -0.05) is 25.1 Å². The van der Waals surface area contributed by atoms with Gasteiger partial charge in [-0.05, 0) is 43.2 Å². The lowest BCUT2D eigenvalue weighted by Gasteiger charge is -2.36. The predicted molar refractivity (Wildman–Crippen MR) is 89.4 cm³/mol. The molecule has 2 rings (SSSR count). The van der Waals surface area contributed by atoms with Gasteiger partial charge >= 0.3 is 5.97 Å². The van der Waals surface area contributed by atoms with Gasteiger partial charge in [0.25, 0.3) is 0 Å². The van der Waals surface area contributed by atoms with E-state index < -0.39 is 27.3 Å². The fourth-order valence-corrected chi connectivity index (χ4v) is 4.09. The maximum atomic E-state index is 12.4. The molecule has 0 saturated heterocycles. The number of carboxylic acids is 1. The average Bonchev–Trinajstić information content (AvgIpc) is 2.49. The first-order valence-corrected chi connectivity index (χ1v) is 9.85. The maximum absolute atomic E-state index is 12.4. The van der Waals surface area contributed by atoms with Gasteiger partial charge < -0.3 is 10.4 Å². The van der Waals surface area contributed by atoms with E-state index in [1.54, 1.807) is 18.2 Å². The SMILES string of the molecule is CC1CCC(NC(=O)Cc2ccccc2S(C)(=O)=O)(C(=O)O)CC1. The van der Waals surface area contributed by atoms with Gasteiger partial charge in [0.05, 0.1) is 11.3 Å². The molecule has 1 aliphatic carbocycles. The highest BCUT2D eigenvalue weighted by Gasteiger charge is 2.42. The summed E-state index contributed by atoms with van der Waals surface area (Å²) in [5.74, 6) is -1.05. The number of nitrogens with one attached hydrogen (secondary N) is 1. The zero-order valence-electron chi connectivity index (χ0n) is 13.9. The molecule has 0 heterocycles. The largest absolute Gasteiger partial charge is 0.480 e. The molecule has 7 heteroatoms. The second kappa shape index (κ2) is 6.93. The van der Waals surface area contributed by atoms with Crippen molar-refractivity contribution in [3.05, 3.63) is 29.8 Å². The Bertz CT molecular complexity index is 733. The third-order valence-electron chi connectivity index (χ3n) is 4.64. The van der Waals surface area contributed by atoms with E-state index in [1.807, 2.05) is 0 Å². The van der Waals surface area contributed by atoms with Crippen molar-refractivity contribution < 1.29 is 23.1 Å². The standard InChI is InChI=1S/C17H23NO5S/c1-12-7-9-17(10-8-12,16(20)21)18-15(19)11-13-5-3-4-6-14(13)24(2,22)23/h3-6,12H,7-11H2,1-2H3,(H,18,19)(H,20,21). The zero-order valence-corrected chi connectivity index (χ0v) is 14.7. The minimum atomic E-state index is -3.45. The topological polar surface area (TPSA) is 101 Å². The molecular weight excluding hydrogens is 330 g/mol. The molecule has 1 amide bonds. The van der Waals surface area contributed by atoms with Gasteiger partial charge in [-0.25, -0.2) is 13.2 Å². The van der Waals surface area contributed by atoms with Gasteiger partial charge in [0, 0.05) is 6.26 Å². The first-order chi connectivity index (χ1) is 11.1. The van der Waals surface area contributed by atoms with Crippen LogP contribution in [-0.4, -0.2) is 37.2 Å². The molecule has 6 nitrogen and oxygen atoms in total. The highest BCUT2D eigenvalue weighted by Crippen LogP contribution is 2.32. The fraction of sp³-hybridized carbons (Fsp3) is 0.529. The molecule has 0 unspecified atom stereocenters. The Balaban J connectivity index is 2.17. The van der Waals surface area contributed by atoms with E-state index in [0.29, 0.717) is 24.3 Å². The van der Waals surface area contributed by atoms with E-state index in [9.17, 15) is 23.1 Å². The van der Waals surface area contributed by atoms with Crippen LogP contribution in [0.15, 0.2) is 29.2 Å². The molecule has 1 aliphatic rings. The number of rotatable bonds is 5. The van der Waals surface area contributed by atoms with Crippen molar-refractivity contribution in [2.75, 3.05) is 6.26 Å². The first kappa shape index (κ1) is 18.4. The van der Waals surface area contributed by atoms with Gasteiger partial charge in [0.15, 0.2) is 9.84 Å². The minimum Gasteiger partial charge on any atom is -0.480 e. The Morgan fingerprint density at radius 2 is 1.83 bits per heavy atom. The molecular formula is C17H23NO5S. The molecule has 2 N–H and O–H groups in total. The Hall–Kier alpha value is -1.89. The summed E-state index contributed by atoms with van der Waals surface area (Å²) >= 11 is 0. The number of carbonyl (C=O) groups excluding carboxylic acids is 1. The molecule has 0 aliphatic heterocycles. The van der Waals surface area contributed by atoms with Crippen molar-refractivity contribution in [2.24, 2.45) is 5.92 Å². The summed E-state index contributed by atoms with van der Waals surface area (Å²) < 4.78 is 23.6. The molecule has 132 valence electrons. The monoisotopic (exact) mass is 353 g/mol. The number of carboxylic acid groups (broad SMARTS) is 1. The van der Waals surface area contributed by atoms with Crippen LogP contribution in [0.1, 0.15) is 38.2 Å². The smallest absolute Gasteiger partial charge is 0.329 e. The van der Waals surface area contributed by atoms with Crippen molar-refractivity contribution in [1.29, 1.82) is 0 Å². The molecule has 0 bridgehead atoms. The predicted octanol–water partition coefficient (Wildman–Crippen LogP) is 1.78. The van der Waals surface area contributed by atoms with Gasteiger partial charge in [0.2, 0.25) is 5.91 Å². The van der Waals surface area contributed by atoms with Gasteiger partial charge in [-0.2, -0.15) is 0 Å². The van der Waals surface area contributed by atoms with E-state index in [-0.39, 0.29) is 11.3 Å². The first-order valence-electron chi connectivity index (χ1n) is 7.96. The van der Waals surface area contributed by atoms with E-state index >= 15 is 0 Å². The van der Waals surface area contributed by atoms with E-state index in [1.165, 1.54) is 6.07 Å². The molecule has 1 aromatic carbocycles. The second-order valence-electron chi connectivity index (χ2n) is 6.67. The van der Waals surface area contributed by atoms with Crippen molar-refractivity contribution >= 4 is 21.7 Å². The summed E-state index contributed by atoms with van der Waals surface area (Å²) in [4.78, 5) is 24.2. The zero-order chi connectivity index (χ0) is 18.0. The number of sulfone groups is 1. The average molecular weight is 353 g/mol. The Morgan fingerprint density at radius 1 is 1.25 bits per heavy atom. The summed E-state index contributed by atoms with van der Waals surface area (Å²) in [5, 5.41) is 12.2. The highest BCUT2D eigenvalue weighted by molar-refractivity contribution is 7.90. The normalized spacial score (nSPS) is 24.3. The van der Waals surface area contributed by atoms with Crippen molar-refractivity contribution in [3.8, 4) is 0 Å². The molecule has 0 spiro atoms. The fourth-order valence-electron chi connectivity index (χ4n) is 3.14. The number of hydrogen-bond donors (Lipinski definition) is 2. The van der Waals surface area contributed by atoms with Crippen molar-refractivity contribution in [3.63, 3.8) is 0 Å². The number of carbonyl (C=O) groups is 2. The van der Waals surface area contributed by atoms with Gasteiger partial charge in [-0.3, -0.25) is 4.79 Å². The van der Waals surface area contributed by atoms with Gasteiger partial charge in [0.1, 0.15) is 5.54 Å². The molecule has 24 heavy (non-hydrogen) atoms. The van der Waals surface area contributed by atoms with Crippen LogP contribution in [0.5, 0.6) is 0 Å². The third kappa shape index (κ3) is 4.14. The lowest BCUT2D eigenvalue weighted by molar-refractivity contribution is -0.149. The van der Waals surface area contributed by atoms with Crippen LogP contribution in [-0.2, 0) is 25.8 Å². The molecule has 0 aromatic heterocycles. The minimum absolute atomic E-state index is 0.0989. The Kier molecular flexibility index (Phi) is 5.32. The lowest BCUT2D eigenvalue weighted by atomic mass is 9.77. The number of amides is 1. The highest BCUT2D eigenvalue weighted by atomic mass is 32.2. The van der Waals surface area contributed by atoms with Gasteiger partial charge in [-0.15, -0.1) is 0 Å². The van der Waals surface area contributed by atoms with Crippen LogP contribution in [0.25, 0.3) is 0 Å². The Labute approximate surface area is 142 Å². The lowest BCUT2D eigenvalue weighted by Crippen LogP contribution is -2.56. The van der Waals surface area contributed by atoms with Crippen molar-refractivity contribution in [2.45, 2.75) is 49.5 Å². The molecule has 1 fully saturated rings. The summed E-state index contributed by atoms with van der Waals surface area (Å²) in [6.45, 7) is 2.07. The van der Waals surface area contributed by atoms with Crippen molar-refractivity contribution in [1.82, 2.24) is 5.32 Å². The summed E-state index contributed by atoms with van der Waals surface area (Å²) in [6.07, 6.45) is 3.20. The second-order valence-corrected chi connectivity index (χ2v) is 8.66. The molecule has 1 aromatic rings. The molecule has 0 atom stereocenters. The van der Waals surface area contributed by atoms with Crippen LogP contribution in [0.3, 0.4) is 0 Å². The van der Waals surface area contributed by atoms with E-state index in [4.69, 9.17) is 0 Å². The molecule has 1 saturated carbocycles. The van der Waals surface area contributed by atoms with Crippen LogP contribution in [0.2, 0.25) is 0 Å². The quantitative estimate of drug-likeness (QED) is 0.840. The number of aliphatic carboxylic acids is 1. The molecule has 0 radical (unpaired) electrons. The summed E-state index contributed by atoms with van der Waals surface area (Å²) in [6, 6.07) is 6.28. The van der Waals surface area contributed by atoms with Crippen LogP contribution in [0.4, 0.5) is 0 Å². The van der Waals surface area contributed by atoms with Crippen LogP contribution < -0.4 is 5.32 Å². The number of hydrogen-bond acceptors (Lipinski definition) is 4. The summed E-state index contributed by atoms with van der Waals surface area (Å²) in [7, 11) is -3.45. The third-order valence-corrected chi connectivity index (χ3v) is 5.84. The van der Waals surface area contributed by atoms with E-state index in [2.05, 4.69) is 12.2 Å². The number of benzene rings is 1. The van der Waals surface area contributed by atoms with Crippen LogP contribution >= 0.6 is 0 Å². The Morgan fingerprint density at radius 3 is 2.38 bits per heavy atom. The summed E-state index contributed by atoms with van der Waals surface area (Å²) in [5.41, 5.74) is -0.869. The van der Waals surface area contributed by atoms with Crippen LogP contribution in [0, 0.1) is 5.92 Å².